The maximum Gasteiger partial charge on any atom is 0.314 e. The second-order valence-electron chi connectivity index (χ2n) is 4.92. The Labute approximate surface area is 109 Å². The minimum Gasteiger partial charge on any atom is -0.481 e. The Kier molecular flexibility index (Phi) is 10.1. The summed E-state index contributed by atoms with van der Waals surface area (Å²) in [6.07, 6.45) is 5.79. The van der Waals surface area contributed by atoms with E-state index in [0.717, 1.165) is 18.8 Å². The molecule has 3 N–H and O–H groups in total. The molecule has 0 aliphatic carbocycles. The molecule has 0 aliphatic rings. The second-order valence-corrected chi connectivity index (χ2v) is 4.92. The maximum absolute atomic E-state index is 11.2. The van der Waals surface area contributed by atoms with Crippen LogP contribution in [0.25, 0.3) is 0 Å². The van der Waals surface area contributed by atoms with Crippen molar-refractivity contribution in [3.05, 3.63) is 0 Å². The summed E-state index contributed by atoms with van der Waals surface area (Å²) < 4.78 is 0. The molecule has 18 heavy (non-hydrogen) atoms. The summed E-state index contributed by atoms with van der Waals surface area (Å²) in [5.41, 5.74) is 0. The first-order valence-corrected chi connectivity index (χ1v) is 6.76. The van der Waals surface area contributed by atoms with Crippen LogP contribution in [0.3, 0.4) is 0 Å². The van der Waals surface area contributed by atoms with E-state index in [1.54, 1.807) is 0 Å². The molecule has 0 heterocycles. The van der Waals surface area contributed by atoms with Gasteiger partial charge in [0.1, 0.15) is 0 Å². The van der Waals surface area contributed by atoms with Crippen molar-refractivity contribution < 1.29 is 14.7 Å². The van der Waals surface area contributed by atoms with E-state index < -0.39 is 5.97 Å². The van der Waals surface area contributed by atoms with Crippen molar-refractivity contribution >= 4 is 12.0 Å². The van der Waals surface area contributed by atoms with Crippen LogP contribution in [0.2, 0.25) is 0 Å². The van der Waals surface area contributed by atoms with Gasteiger partial charge in [-0.1, -0.05) is 39.5 Å². The molecule has 0 radical (unpaired) electrons. The van der Waals surface area contributed by atoms with Gasteiger partial charge < -0.3 is 15.7 Å². The number of carbonyl (C=O) groups is 2. The number of rotatable bonds is 10. The minimum absolute atomic E-state index is 0.0391. The average Bonchev–Trinajstić information content (AvgIpc) is 2.26. The van der Waals surface area contributed by atoms with E-state index in [4.69, 9.17) is 5.11 Å². The monoisotopic (exact) mass is 258 g/mol. The van der Waals surface area contributed by atoms with Gasteiger partial charge in [-0.25, -0.2) is 4.79 Å². The van der Waals surface area contributed by atoms with Crippen LogP contribution in [0.4, 0.5) is 4.79 Å². The number of hydrogen-bond acceptors (Lipinski definition) is 2. The molecule has 0 aliphatic heterocycles. The molecule has 106 valence electrons. The highest BCUT2D eigenvalue weighted by atomic mass is 16.4. The number of aliphatic carboxylic acids is 1. The van der Waals surface area contributed by atoms with E-state index in [9.17, 15) is 9.59 Å². The van der Waals surface area contributed by atoms with Gasteiger partial charge in [0, 0.05) is 13.1 Å². The Balaban J connectivity index is 3.22. The second kappa shape index (κ2) is 10.9. The zero-order chi connectivity index (χ0) is 13.8. The quantitative estimate of drug-likeness (QED) is 0.526. The fourth-order valence-corrected chi connectivity index (χ4v) is 1.58. The largest absolute Gasteiger partial charge is 0.481 e. The predicted octanol–water partition coefficient (Wildman–Crippen LogP) is 2.37. The first-order valence-electron chi connectivity index (χ1n) is 6.76. The molecule has 0 aromatic rings. The molecule has 0 bridgehead atoms. The van der Waals surface area contributed by atoms with Gasteiger partial charge in [-0.15, -0.1) is 0 Å². The van der Waals surface area contributed by atoms with Gasteiger partial charge >= 0.3 is 12.0 Å². The molecule has 5 heteroatoms. The number of urea groups is 1. The Bertz CT molecular complexity index is 242. The van der Waals surface area contributed by atoms with Crippen LogP contribution >= 0.6 is 0 Å². The van der Waals surface area contributed by atoms with Crippen molar-refractivity contribution in [1.29, 1.82) is 0 Å². The first kappa shape index (κ1) is 16.7. The van der Waals surface area contributed by atoms with Crippen molar-refractivity contribution in [3.8, 4) is 0 Å². The van der Waals surface area contributed by atoms with E-state index in [1.807, 2.05) is 0 Å². The standard InChI is InChI=1S/C13H26N2O3/c1-11(2)7-5-3-4-6-9-14-13(18)15-10-8-12(16)17/h11H,3-10H2,1-2H3,(H,16,17)(H2,14,15,18). The van der Waals surface area contributed by atoms with E-state index in [1.165, 1.54) is 19.3 Å². The molecular weight excluding hydrogens is 232 g/mol. The maximum atomic E-state index is 11.2. The van der Waals surface area contributed by atoms with Crippen LogP contribution in [-0.2, 0) is 4.79 Å². The predicted molar refractivity (Wildman–Crippen MR) is 71.6 cm³/mol. The Morgan fingerprint density at radius 2 is 1.61 bits per heavy atom. The van der Waals surface area contributed by atoms with E-state index in [2.05, 4.69) is 24.5 Å². The van der Waals surface area contributed by atoms with Crippen LogP contribution in [0.5, 0.6) is 0 Å². The van der Waals surface area contributed by atoms with Crippen LogP contribution in [-0.4, -0.2) is 30.2 Å². The zero-order valence-corrected chi connectivity index (χ0v) is 11.5. The van der Waals surface area contributed by atoms with Gasteiger partial charge in [-0.3, -0.25) is 4.79 Å². The molecule has 0 saturated carbocycles. The van der Waals surface area contributed by atoms with Crippen molar-refractivity contribution in [2.45, 2.75) is 52.4 Å². The lowest BCUT2D eigenvalue weighted by Crippen LogP contribution is -2.37. The fraction of sp³-hybridized carbons (Fsp3) is 0.846. The summed E-state index contributed by atoms with van der Waals surface area (Å²) in [5.74, 6) is -0.136. The Hall–Kier alpha value is -1.26. The normalized spacial score (nSPS) is 10.4. The number of unbranched alkanes of at least 4 members (excludes halogenated alkanes) is 3. The molecule has 0 atom stereocenters. The summed E-state index contributed by atoms with van der Waals surface area (Å²) in [4.78, 5) is 21.4. The molecular formula is C13H26N2O3. The molecule has 0 spiro atoms. The lowest BCUT2D eigenvalue weighted by molar-refractivity contribution is -0.136. The van der Waals surface area contributed by atoms with Crippen LogP contribution in [0.1, 0.15) is 52.4 Å². The molecule has 0 aromatic carbocycles. The van der Waals surface area contributed by atoms with Gasteiger partial charge in [0.05, 0.1) is 6.42 Å². The smallest absolute Gasteiger partial charge is 0.314 e. The van der Waals surface area contributed by atoms with Crippen LogP contribution < -0.4 is 10.6 Å². The van der Waals surface area contributed by atoms with E-state index >= 15 is 0 Å². The number of carbonyl (C=O) groups excluding carboxylic acids is 1. The van der Waals surface area contributed by atoms with Gasteiger partial charge in [-0.2, -0.15) is 0 Å². The van der Waals surface area contributed by atoms with Crippen LogP contribution in [0, 0.1) is 5.92 Å². The molecule has 0 aromatic heterocycles. The Morgan fingerprint density at radius 1 is 1.00 bits per heavy atom. The summed E-state index contributed by atoms with van der Waals surface area (Å²) in [7, 11) is 0. The summed E-state index contributed by atoms with van der Waals surface area (Å²) in [5, 5.41) is 13.6. The fourth-order valence-electron chi connectivity index (χ4n) is 1.58. The van der Waals surface area contributed by atoms with Gasteiger partial charge in [0.15, 0.2) is 0 Å². The molecule has 5 nitrogen and oxygen atoms in total. The lowest BCUT2D eigenvalue weighted by atomic mass is 10.0. The minimum atomic E-state index is -0.902. The third-order valence-corrected chi connectivity index (χ3v) is 2.62. The highest BCUT2D eigenvalue weighted by Gasteiger charge is 2.01. The number of hydrogen-bond donors (Lipinski definition) is 3. The van der Waals surface area contributed by atoms with Crippen molar-refractivity contribution in [2.24, 2.45) is 5.92 Å². The topological polar surface area (TPSA) is 78.4 Å². The molecule has 0 unspecified atom stereocenters. The van der Waals surface area contributed by atoms with Crippen molar-refractivity contribution in [2.75, 3.05) is 13.1 Å². The Morgan fingerprint density at radius 3 is 2.22 bits per heavy atom. The number of carboxylic acid groups (broad SMARTS) is 1. The van der Waals surface area contributed by atoms with Crippen LogP contribution in [0.15, 0.2) is 0 Å². The summed E-state index contributed by atoms with van der Waals surface area (Å²) in [6.45, 7) is 5.28. The number of amides is 2. The average molecular weight is 258 g/mol. The molecule has 2 amide bonds. The molecule has 0 saturated heterocycles. The number of carboxylic acids is 1. The van der Waals surface area contributed by atoms with E-state index in [-0.39, 0.29) is 19.0 Å². The first-order chi connectivity index (χ1) is 8.52. The van der Waals surface area contributed by atoms with Gasteiger partial charge in [0.25, 0.3) is 0 Å². The lowest BCUT2D eigenvalue weighted by Gasteiger charge is -2.07. The SMILES string of the molecule is CC(C)CCCCCCNC(=O)NCCC(=O)O. The summed E-state index contributed by atoms with van der Waals surface area (Å²) in [6, 6.07) is -0.279. The van der Waals surface area contributed by atoms with Gasteiger partial charge in [-0.05, 0) is 12.3 Å². The highest BCUT2D eigenvalue weighted by Crippen LogP contribution is 2.08. The highest BCUT2D eigenvalue weighted by molar-refractivity contribution is 5.74. The third kappa shape index (κ3) is 12.8. The third-order valence-electron chi connectivity index (χ3n) is 2.62. The number of nitrogens with one attached hydrogen (secondary N) is 2. The van der Waals surface area contributed by atoms with E-state index in [0.29, 0.717) is 6.54 Å². The van der Waals surface area contributed by atoms with Crippen molar-refractivity contribution in [1.82, 2.24) is 10.6 Å². The molecule has 0 rings (SSSR count). The zero-order valence-electron chi connectivity index (χ0n) is 11.5. The van der Waals surface area contributed by atoms with Crippen molar-refractivity contribution in [3.63, 3.8) is 0 Å². The summed E-state index contributed by atoms with van der Waals surface area (Å²) >= 11 is 0. The van der Waals surface area contributed by atoms with Gasteiger partial charge in [0.2, 0.25) is 0 Å². The molecule has 0 fully saturated rings.